The minimum Gasteiger partial charge on any atom is -0.495 e. The molecule has 178 valence electrons. The van der Waals surface area contributed by atoms with Gasteiger partial charge in [0.15, 0.2) is 6.61 Å². The fourth-order valence-electron chi connectivity index (χ4n) is 2.96. The summed E-state index contributed by atoms with van der Waals surface area (Å²) in [4.78, 5) is 25.8. The molecule has 0 aliphatic rings. The van der Waals surface area contributed by atoms with Gasteiger partial charge >= 0.3 is 0 Å². The van der Waals surface area contributed by atoms with Crippen molar-refractivity contribution in [2.24, 2.45) is 0 Å². The van der Waals surface area contributed by atoms with Gasteiger partial charge in [-0.1, -0.05) is 35.9 Å². The number of para-hydroxylation sites is 1. The summed E-state index contributed by atoms with van der Waals surface area (Å²) in [5, 5.41) is 5.58. The number of amides is 2. The normalized spacial score (nSPS) is 11.3. The predicted molar refractivity (Wildman–Crippen MR) is 136 cm³/mol. The minimum absolute atomic E-state index is 0.105. The van der Waals surface area contributed by atoms with Crippen molar-refractivity contribution in [3.63, 3.8) is 0 Å². The predicted octanol–water partition coefficient (Wildman–Crippen LogP) is 5.49. The molecule has 1 unspecified atom stereocenters. The first kappa shape index (κ1) is 25.3. The second-order valence-corrected chi connectivity index (χ2v) is 8.94. The number of rotatable bonds is 10. The van der Waals surface area contributed by atoms with E-state index in [1.807, 2.05) is 30.3 Å². The van der Waals surface area contributed by atoms with E-state index in [0.29, 0.717) is 33.6 Å². The lowest BCUT2D eigenvalue weighted by molar-refractivity contribution is -0.118. The maximum Gasteiger partial charge on any atom is 0.262 e. The Bertz CT molecular complexity index is 1140. The van der Waals surface area contributed by atoms with Crippen LogP contribution in [0.4, 0.5) is 11.4 Å². The van der Waals surface area contributed by atoms with Gasteiger partial charge in [0.2, 0.25) is 5.91 Å². The van der Waals surface area contributed by atoms with E-state index in [1.54, 1.807) is 43.3 Å². The zero-order chi connectivity index (χ0) is 24.5. The van der Waals surface area contributed by atoms with Crippen LogP contribution in [0.3, 0.4) is 0 Å². The number of anilines is 2. The summed E-state index contributed by atoms with van der Waals surface area (Å²) < 4.78 is 16.0. The standard InChI is InChI=1S/C25H25ClN2O5S/c1-16(25(30)28-21-13-20(26)22(31-2)14-23(21)32-3)34-19-11-7-8-17(12-19)27-24(29)15-33-18-9-5-4-6-10-18/h4-14,16H,15H2,1-3H3,(H,27,29)(H,28,30). The summed E-state index contributed by atoms with van der Waals surface area (Å²) >= 11 is 7.54. The van der Waals surface area contributed by atoms with Crippen LogP contribution in [0.2, 0.25) is 5.02 Å². The van der Waals surface area contributed by atoms with Gasteiger partial charge in [-0.15, -0.1) is 11.8 Å². The van der Waals surface area contributed by atoms with E-state index in [4.69, 9.17) is 25.8 Å². The second-order valence-electron chi connectivity index (χ2n) is 7.11. The maximum absolute atomic E-state index is 12.8. The van der Waals surface area contributed by atoms with Crippen molar-refractivity contribution >= 4 is 46.6 Å². The Morgan fingerprint density at radius 3 is 2.38 bits per heavy atom. The molecule has 3 rings (SSSR count). The van der Waals surface area contributed by atoms with E-state index in [9.17, 15) is 9.59 Å². The minimum atomic E-state index is -0.432. The molecule has 2 amide bonds. The summed E-state index contributed by atoms with van der Waals surface area (Å²) in [6.45, 7) is 1.68. The largest absolute Gasteiger partial charge is 0.495 e. The molecular formula is C25H25ClN2O5S. The van der Waals surface area contributed by atoms with E-state index < -0.39 is 5.25 Å². The molecule has 3 aromatic carbocycles. The van der Waals surface area contributed by atoms with Crippen LogP contribution in [-0.4, -0.2) is 37.9 Å². The number of nitrogens with one attached hydrogen (secondary N) is 2. The molecule has 0 heterocycles. The topological polar surface area (TPSA) is 85.9 Å². The zero-order valence-corrected chi connectivity index (χ0v) is 20.5. The molecule has 0 aliphatic carbocycles. The smallest absolute Gasteiger partial charge is 0.262 e. The van der Waals surface area contributed by atoms with Crippen LogP contribution in [0.15, 0.2) is 71.6 Å². The number of thioether (sulfide) groups is 1. The Morgan fingerprint density at radius 1 is 0.941 bits per heavy atom. The van der Waals surface area contributed by atoms with Crippen molar-refractivity contribution in [1.29, 1.82) is 0 Å². The molecule has 0 aliphatic heterocycles. The van der Waals surface area contributed by atoms with Crippen LogP contribution in [0, 0.1) is 0 Å². The first-order chi connectivity index (χ1) is 16.4. The molecular weight excluding hydrogens is 476 g/mol. The molecule has 0 radical (unpaired) electrons. The van der Waals surface area contributed by atoms with E-state index in [1.165, 1.54) is 26.0 Å². The molecule has 0 saturated carbocycles. The van der Waals surface area contributed by atoms with E-state index >= 15 is 0 Å². The Morgan fingerprint density at radius 2 is 1.68 bits per heavy atom. The van der Waals surface area contributed by atoms with Crippen LogP contribution < -0.4 is 24.8 Å². The molecule has 1 atom stereocenters. The zero-order valence-electron chi connectivity index (χ0n) is 19.0. The molecule has 34 heavy (non-hydrogen) atoms. The van der Waals surface area contributed by atoms with Crippen LogP contribution in [0.5, 0.6) is 17.2 Å². The van der Waals surface area contributed by atoms with Gasteiger partial charge in [0.1, 0.15) is 17.2 Å². The first-order valence-corrected chi connectivity index (χ1v) is 11.6. The maximum atomic E-state index is 12.8. The lowest BCUT2D eigenvalue weighted by atomic mass is 10.2. The highest BCUT2D eigenvalue weighted by Crippen LogP contribution is 2.36. The van der Waals surface area contributed by atoms with Gasteiger partial charge in [0, 0.05) is 16.6 Å². The van der Waals surface area contributed by atoms with Gasteiger partial charge in [-0.05, 0) is 43.3 Å². The summed E-state index contributed by atoms with van der Waals surface area (Å²) in [5.74, 6) is 1.01. The Labute approximate surface area is 207 Å². The van der Waals surface area contributed by atoms with Crippen LogP contribution in [0.1, 0.15) is 6.92 Å². The molecule has 0 spiro atoms. The van der Waals surface area contributed by atoms with Crippen LogP contribution in [0.25, 0.3) is 0 Å². The number of methoxy groups -OCH3 is 2. The molecule has 7 nitrogen and oxygen atoms in total. The van der Waals surface area contributed by atoms with Crippen molar-refractivity contribution in [3.05, 3.63) is 71.8 Å². The van der Waals surface area contributed by atoms with Crippen LogP contribution in [-0.2, 0) is 9.59 Å². The summed E-state index contributed by atoms with van der Waals surface area (Å²) in [6, 6.07) is 19.6. The Balaban J connectivity index is 1.58. The van der Waals surface area contributed by atoms with Gasteiger partial charge in [-0.2, -0.15) is 0 Å². The number of carbonyl (C=O) groups excluding carboxylic acids is 2. The Hall–Kier alpha value is -3.36. The SMILES string of the molecule is COc1cc(OC)c(NC(=O)C(C)Sc2cccc(NC(=O)COc3ccccc3)c2)cc1Cl. The first-order valence-electron chi connectivity index (χ1n) is 10.4. The van der Waals surface area contributed by atoms with E-state index in [-0.39, 0.29) is 18.4 Å². The lowest BCUT2D eigenvalue weighted by Gasteiger charge is -2.16. The molecule has 2 N–H and O–H groups in total. The summed E-state index contributed by atoms with van der Waals surface area (Å²) in [7, 11) is 3.01. The summed E-state index contributed by atoms with van der Waals surface area (Å²) in [6.07, 6.45) is 0. The molecule has 0 aromatic heterocycles. The fourth-order valence-corrected chi connectivity index (χ4v) is 4.13. The van der Waals surface area contributed by atoms with Gasteiger partial charge < -0.3 is 24.8 Å². The third-order valence-corrected chi connectivity index (χ3v) is 6.03. The molecule has 0 fully saturated rings. The Kier molecular flexibility index (Phi) is 9.07. The van der Waals surface area contributed by atoms with Gasteiger partial charge in [-0.3, -0.25) is 9.59 Å². The monoisotopic (exact) mass is 500 g/mol. The highest BCUT2D eigenvalue weighted by Gasteiger charge is 2.18. The van der Waals surface area contributed by atoms with Crippen molar-refractivity contribution in [2.75, 3.05) is 31.5 Å². The van der Waals surface area contributed by atoms with Crippen molar-refractivity contribution < 1.29 is 23.8 Å². The van der Waals surface area contributed by atoms with Crippen molar-refractivity contribution in [2.45, 2.75) is 17.1 Å². The van der Waals surface area contributed by atoms with Gasteiger partial charge in [0.25, 0.3) is 5.91 Å². The second kappa shape index (κ2) is 12.2. The van der Waals surface area contributed by atoms with Crippen LogP contribution >= 0.6 is 23.4 Å². The van der Waals surface area contributed by atoms with E-state index in [0.717, 1.165) is 4.90 Å². The average Bonchev–Trinajstić information content (AvgIpc) is 2.83. The van der Waals surface area contributed by atoms with Gasteiger partial charge in [-0.25, -0.2) is 0 Å². The van der Waals surface area contributed by atoms with Crippen molar-refractivity contribution in [1.82, 2.24) is 0 Å². The number of ether oxygens (including phenoxy) is 3. The third kappa shape index (κ3) is 7.07. The molecule has 0 bridgehead atoms. The molecule has 0 saturated heterocycles. The lowest BCUT2D eigenvalue weighted by Crippen LogP contribution is -2.23. The quantitative estimate of drug-likeness (QED) is 0.358. The highest BCUT2D eigenvalue weighted by molar-refractivity contribution is 8.00. The fraction of sp³-hybridized carbons (Fsp3) is 0.200. The number of hydrogen-bond acceptors (Lipinski definition) is 6. The highest BCUT2D eigenvalue weighted by atomic mass is 35.5. The number of benzene rings is 3. The molecule has 3 aromatic rings. The number of hydrogen-bond donors (Lipinski definition) is 2. The van der Waals surface area contributed by atoms with E-state index in [2.05, 4.69) is 10.6 Å². The number of carbonyl (C=O) groups is 2. The molecule has 9 heteroatoms. The number of halogens is 1. The average molecular weight is 501 g/mol. The summed E-state index contributed by atoms with van der Waals surface area (Å²) in [5.41, 5.74) is 1.06. The van der Waals surface area contributed by atoms with Crippen molar-refractivity contribution in [3.8, 4) is 17.2 Å². The van der Waals surface area contributed by atoms with Gasteiger partial charge in [0.05, 0.1) is 30.2 Å². The third-order valence-electron chi connectivity index (χ3n) is 4.64.